The maximum atomic E-state index is 2.56. The van der Waals surface area contributed by atoms with Crippen LogP contribution in [-0.4, -0.2) is 0 Å². The molecule has 0 radical (unpaired) electrons. The Balaban J connectivity index is 1.18. The van der Waals surface area contributed by atoms with Crippen molar-refractivity contribution in [1.82, 2.24) is 0 Å². The molecule has 0 saturated heterocycles. The summed E-state index contributed by atoms with van der Waals surface area (Å²) in [6.45, 7) is 0. The van der Waals surface area contributed by atoms with Gasteiger partial charge in [-0.3, -0.25) is 0 Å². The van der Waals surface area contributed by atoms with Gasteiger partial charge in [-0.05, 0) is 140 Å². The molecule has 0 fully saturated rings. The third-order valence-corrected chi connectivity index (χ3v) is 10.7. The zero-order valence-corrected chi connectivity index (χ0v) is 25.4. The molecule has 3 aromatic rings. The van der Waals surface area contributed by atoms with Crippen LogP contribution in [0.25, 0.3) is 51.3 Å². The van der Waals surface area contributed by atoms with Crippen LogP contribution in [0.4, 0.5) is 0 Å². The Kier molecular flexibility index (Phi) is 6.29. The SMILES string of the molecule is C1=CCCC(c2c3c(c(C4=CC=C(c5cccc6c5=CCC5C=C7CCC=CC7=CC=65)CC4)c4ccccc24)=CCCC=3)=C1. The van der Waals surface area contributed by atoms with Gasteiger partial charge in [-0.15, -0.1) is 0 Å². The van der Waals surface area contributed by atoms with Gasteiger partial charge < -0.3 is 0 Å². The minimum Gasteiger partial charge on any atom is -0.0842 e. The van der Waals surface area contributed by atoms with Gasteiger partial charge in [0.2, 0.25) is 0 Å². The molecule has 0 bridgehead atoms. The van der Waals surface area contributed by atoms with E-state index in [0.717, 1.165) is 44.9 Å². The van der Waals surface area contributed by atoms with Gasteiger partial charge >= 0.3 is 0 Å². The zero-order chi connectivity index (χ0) is 29.0. The maximum Gasteiger partial charge on any atom is 0.00652 e. The fourth-order valence-electron chi connectivity index (χ4n) is 8.59. The molecule has 9 rings (SSSR count). The van der Waals surface area contributed by atoms with E-state index in [1.54, 1.807) is 5.57 Å². The predicted molar refractivity (Wildman–Crippen MR) is 189 cm³/mol. The van der Waals surface area contributed by atoms with Gasteiger partial charge in [-0.1, -0.05) is 115 Å². The summed E-state index contributed by atoms with van der Waals surface area (Å²) in [5.41, 5.74) is 13.3. The van der Waals surface area contributed by atoms with Crippen molar-refractivity contribution in [2.24, 2.45) is 5.92 Å². The van der Waals surface area contributed by atoms with Crippen LogP contribution < -0.4 is 20.9 Å². The van der Waals surface area contributed by atoms with Crippen molar-refractivity contribution in [3.63, 3.8) is 0 Å². The highest BCUT2D eigenvalue weighted by Gasteiger charge is 2.24. The summed E-state index contributed by atoms with van der Waals surface area (Å²) in [7, 11) is 0. The van der Waals surface area contributed by atoms with Crippen LogP contribution in [0, 0.1) is 5.92 Å². The number of allylic oxidation sites excluding steroid dienone is 14. The molecule has 3 aromatic carbocycles. The maximum absolute atomic E-state index is 2.56. The lowest BCUT2D eigenvalue weighted by molar-refractivity contribution is 0.825. The second-order valence-corrected chi connectivity index (χ2v) is 13.2. The summed E-state index contributed by atoms with van der Waals surface area (Å²) in [5.74, 6) is 0.519. The van der Waals surface area contributed by atoms with Crippen molar-refractivity contribution in [2.75, 3.05) is 0 Å². The Morgan fingerprint density at radius 2 is 1.30 bits per heavy atom. The minimum absolute atomic E-state index is 0.519. The molecule has 0 aliphatic heterocycles. The Bertz CT molecular complexity index is 2230. The average Bonchev–Trinajstić information content (AvgIpc) is 3.10. The molecule has 214 valence electrons. The molecule has 0 saturated carbocycles. The van der Waals surface area contributed by atoms with E-state index in [2.05, 4.69) is 115 Å². The first-order chi connectivity index (χ1) is 21.8. The Morgan fingerprint density at radius 3 is 2.05 bits per heavy atom. The number of rotatable bonds is 3. The Hall–Kier alpha value is -4.42. The van der Waals surface area contributed by atoms with E-state index in [1.165, 1.54) is 89.0 Å². The van der Waals surface area contributed by atoms with Gasteiger partial charge in [-0.25, -0.2) is 0 Å². The molecule has 0 amide bonds. The molecule has 0 heterocycles. The van der Waals surface area contributed by atoms with Gasteiger partial charge in [-0.2, -0.15) is 0 Å². The first-order valence-electron chi connectivity index (χ1n) is 16.8. The lowest BCUT2D eigenvalue weighted by atomic mass is 9.77. The highest BCUT2D eigenvalue weighted by Crippen LogP contribution is 2.38. The normalized spacial score (nSPS) is 21.6. The summed E-state index contributed by atoms with van der Waals surface area (Å²) in [6, 6.07) is 16.2. The second-order valence-electron chi connectivity index (χ2n) is 13.2. The number of fused-ring (bicyclic) bond motifs is 5. The summed E-state index contributed by atoms with van der Waals surface area (Å²) in [5, 5.41) is 8.63. The first-order valence-corrected chi connectivity index (χ1v) is 16.8. The van der Waals surface area contributed by atoms with E-state index in [1.807, 2.05) is 0 Å². The van der Waals surface area contributed by atoms with Crippen molar-refractivity contribution in [3.05, 3.63) is 146 Å². The van der Waals surface area contributed by atoms with Gasteiger partial charge in [0.1, 0.15) is 0 Å². The molecule has 0 aromatic heterocycles. The van der Waals surface area contributed by atoms with E-state index in [-0.39, 0.29) is 0 Å². The van der Waals surface area contributed by atoms with Crippen LogP contribution in [-0.2, 0) is 0 Å². The molecule has 6 aliphatic rings. The molecule has 0 N–H and O–H groups in total. The molecule has 1 atom stereocenters. The topological polar surface area (TPSA) is 0 Å². The smallest absolute Gasteiger partial charge is 0.00652 e. The monoisotopic (exact) mass is 566 g/mol. The summed E-state index contributed by atoms with van der Waals surface area (Å²) in [4.78, 5) is 0. The van der Waals surface area contributed by atoms with E-state index in [4.69, 9.17) is 0 Å². The number of hydrogen-bond donors (Lipinski definition) is 0. The van der Waals surface area contributed by atoms with Gasteiger partial charge in [0.25, 0.3) is 0 Å². The van der Waals surface area contributed by atoms with Crippen LogP contribution in [0.15, 0.2) is 108 Å². The number of hydrogen-bond acceptors (Lipinski definition) is 0. The van der Waals surface area contributed by atoms with Crippen LogP contribution >= 0.6 is 0 Å². The molecule has 44 heavy (non-hydrogen) atoms. The standard InChI is InChI=1S/C44H38/c1-2-11-30(12-3-1)43-38-15-6-8-17-40(38)44(41-18-9-7-16-39(41)43)31-23-21-29(22-24-31)35-19-10-20-36-37(35)26-25-34-27-32-13-4-5-14-33(32)28-42(34)36/h1-2,5-6,8,10-11,14-21,23,26-28,34H,3-4,7,9,12-13,22,24-25H2. The van der Waals surface area contributed by atoms with E-state index >= 15 is 0 Å². The quantitative estimate of drug-likeness (QED) is 0.299. The first kappa shape index (κ1) is 26.0. The van der Waals surface area contributed by atoms with Crippen molar-refractivity contribution < 1.29 is 0 Å². The van der Waals surface area contributed by atoms with Crippen molar-refractivity contribution in [1.29, 1.82) is 0 Å². The molecule has 6 aliphatic carbocycles. The third kappa shape index (κ3) is 4.19. The molecular weight excluding hydrogens is 528 g/mol. The van der Waals surface area contributed by atoms with Gasteiger partial charge in [0.05, 0.1) is 0 Å². The molecule has 1 unspecified atom stereocenters. The van der Waals surface area contributed by atoms with Crippen molar-refractivity contribution in [3.8, 4) is 0 Å². The van der Waals surface area contributed by atoms with Crippen LogP contribution in [0.1, 0.15) is 74.5 Å². The largest absolute Gasteiger partial charge is 0.0842 e. The molecule has 0 spiro atoms. The van der Waals surface area contributed by atoms with E-state index in [9.17, 15) is 0 Å². The average molecular weight is 567 g/mol. The predicted octanol–water partition coefficient (Wildman–Crippen LogP) is 8.36. The minimum atomic E-state index is 0.519. The zero-order valence-electron chi connectivity index (χ0n) is 25.4. The van der Waals surface area contributed by atoms with Crippen LogP contribution in [0.3, 0.4) is 0 Å². The molecule has 0 heteroatoms. The van der Waals surface area contributed by atoms with Crippen LogP contribution in [0.2, 0.25) is 0 Å². The fourth-order valence-corrected chi connectivity index (χ4v) is 8.59. The fraction of sp³-hybridized carbons (Fsp3) is 0.227. The highest BCUT2D eigenvalue weighted by atomic mass is 14.3. The van der Waals surface area contributed by atoms with Crippen molar-refractivity contribution >= 4 is 51.3 Å². The molecule has 0 nitrogen and oxygen atoms in total. The highest BCUT2D eigenvalue weighted by molar-refractivity contribution is 6.02. The lowest BCUT2D eigenvalue weighted by Crippen LogP contribution is -2.35. The summed E-state index contributed by atoms with van der Waals surface area (Å²) >= 11 is 0. The summed E-state index contributed by atoms with van der Waals surface area (Å²) in [6.07, 6.45) is 39.2. The second kappa shape index (κ2) is 10.6. The molecular formula is C44H38. The lowest BCUT2D eigenvalue weighted by Gasteiger charge is -2.27. The Labute approximate surface area is 260 Å². The third-order valence-electron chi connectivity index (χ3n) is 10.7. The van der Waals surface area contributed by atoms with E-state index in [0.29, 0.717) is 5.92 Å². The van der Waals surface area contributed by atoms with E-state index < -0.39 is 0 Å². The van der Waals surface area contributed by atoms with Gasteiger partial charge in [0, 0.05) is 5.92 Å². The number of benzene rings is 3. The van der Waals surface area contributed by atoms with Crippen LogP contribution in [0.5, 0.6) is 0 Å². The Morgan fingerprint density at radius 1 is 0.568 bits per heavy atom. The summed E-state index contributed by atoms with van der Waals surface area (Å²) < 4.78 is 0. The van der Waals surface area contributed by atoms with Crippen molar-refractivity contribution in [2.45, 2.75) is 57.8 Å². The van der Waals surface area contributed by atoms with Gasteiger partial charge in [0.15, 0.2) is 0 Å².